The van der Waals surface area contributed by atoms with E-state index in [1.165, 1.54) is 6.07 Å². The molecule has 0 bridgehead atoms. The van der Waals surface area contributed by atoms with Gasteiger partial charge in [0.25, 0.3) is 0 Å². The fourth-order valence-electron chi connectivity index (χ4n) is 1.37. The van der Waals surface area contributed by atoms with E-state index in [0.29, 0.717) is 17.9 Å². The van der Waals surface area contributed by atoms with Crippen LogP contribution in [0.25, 0.3) is 0 Å². The lowest BCUT2D eigenvalue weighted by molar-refractivity contribution is 0.0443. The molecule has 0 aliphatic carbocycles. The first-order valence-corrected chi connectivity index (χ1v) is 4.75. The lowest BCUT2D eigenvalue weighted by atomic mass is 10.1. The first kappa shape index (κ1) is 9.71. The second-order valence-corrected chi connectivity index (χ2v) is 3.23. The molecule has 2 rings (SSSR count). The molecule has 0 N–H and O–H groups in total. The van der Waals surface area contributed by atoms with Gasteiger partial charge in [-0.1, -0.05) is 6.92 Å². The summed E-state index contributed by atoms with van der Waals surface area (Å²) in [5, 5.41) is 0. The molecule has 4 heteroatoms. The standard InChI is InChI=1S/C11H10O4/c1-2-5-14-7-3-4-8-9(6-7)11(13)15-10(8)12/h3-4,6H,2,5H2,1H3. The van der Waals surface area contributed by atoms with Gasteiger partial charge in [-0.25, -0.2) is 9.59 Å². The van der Waals surface area contributed by atoms with Crippen molar-refractivity contribution in [3.8, 4) is 5.75 Å². The third-order valence-electron chi connectivity index (χ3n) is 2.09. The molecule has 4 nitrogen and oxygen atoms in total. The highest BCUT2D eigenvalue weighted by atomic mass is 16.6. The molecule has 1 aromatic carbocycles. The van der Waals surface area contributed by atoms with Gasteiger partial charge in [0.1, 0.15) is 5.75 Å². The van der Waals surface area contributed by atoms with Crippen molar-refractivity contribution in [3.05, 3.63) is 29.3 Å². The first-order chi connectivity index (χ1) is 7.22. The molecule has 0 amide bonds. The SMILES string of the molecule is CCCOc1ccc2c(c1)C(=O)OC2=O. The first-order valence-electron chi connectivity index (χ1n) is 4.75. The van der Waals surface area contributed by atoms with Gasteiger partial charge in [-0.05, 0) is 24.6 Å². The Hall–Kier alpha value is -1.84. The Morgan fingerprint density at radius 1 is 1.20 bits per heavy atom. The number of hydrogen-bond acceptors (Lipinski definition) is 4. The normalized spacial score (nSPS) is 13.7. The number of carbonyl (C=O) groups is 2. The van der Waals surface area contributed by atoms with E-state index in [2.05, 4.69) is 4.74 Å². The largest absolute Gasteiger partial charge is 0.494 e. The lowest BCUT2D eigenvalue weighted by Gasteiger charge is -2.04. The van der Waals surface area contributed by atoms with Gasteiger partial charge in [-0.3, -0.25) is 0 Å². The van der Waals surface area contributed by atoms with Crippen molar-refractivity contribution >= 4 is 11.9 Å². The van der Waals surface area contributed by atoms with Crippen LogP contribution in [0.2, 0.25) is 0 Å². The van der Waals surface area contributed by atoms with Gasteiger partial charge < -0.3 is 9.47 Å². The van der Waals surface area contributed by atoms with Crippen LogP contribution >= 0.6 is 0 Å². The zero-order chi connectivity index (χ0) is 10.8. The second kappa shape index (κ2) is 3.73. The Morgan fingerprint density at radius 3 is 2.67 bits per heavy atom. The Kier molecular flexibility index (Phi) is 2.41. The van der Waals surface area contributed by atoms with Gasteiger partial charge in [0.15, 0.2) is 0 Å². The van der Waals surface area contributed by atoms with Crippen molar-refractivity contribution in [1.29, 1.82) is 0 Å². The monoisotopic (exact) mass is 206 g/mol. The molecule has 1 aromatic rings. The van der Waals surface area contributed by atoms with Crippen molar-refractivity contribution in [2.75, 3.05) is 6.61 Å². The Labute approximate surface area is 86.8 Å². The number of ether oxygens (including phenoxy) is 2. The molecule has 1 aliphatic rings. The summed E-state index contributed by atoms with van der Waals surface area (Å²) in [4.78, 5) is 22.3. The number of hydrogen-bond donors (Lipinski definition) is 0. The predicted octanol–water partition coefficient (Wildman–Crippen LogP) is 1.79. The van der Waals surface area contributed by atoms with Crippen LogP contribution in [0.3, 0.4) is 0 Å². The number of esters is 2. The summed E-state index contributed by atoms with van der Waals surface area (Å²) in [7, 11) is 0. The highest BCUT2D eigenvalue weighted by Crippen LogP contribution is 2.24. The molecule has 0 atom stereocenters. The van der Waals surface area contributed by atoms with Crippen LogP contribution < -0.4 is 4.74 Å². The molecule has 15 heavy (non-hydrogen) atoms. The van der Waals surface area contributed by atoms with Gasteiger partial charge in [0.2, 0.25) is 0 Å². The highest BCUT2D eigenvalue weighted by molar-refractivity contribution is 6.14. The van der Waals surface area contributed by atoms with Gasteiger partial charge in [-0.15, -0.1) is 0 Å². The fraction of sp³-hybridized carbons (Fsp3) is 0.273. The molecule has 0 radical (unpaired) electrons. The molecule has 0 spiro atoms. The van der Waals surface area contributed by atoms with Crippen molar-refractivity contribution in [2.24, 2.45) is 0 Å². The van der Waals surface area contributed by atoms with Crippen LogP contribution in [0, 0.1) is 0 Å². The number of cyclic esters (lactones) is 2. The van der Waals surface area contributed by atoms with Crippen molar-refractivity contribution in [3.63, 3.8) is 0 Å². The van der Waals surface area contributed by atoms with E-state index in [1.807, 2.05) is 6.92 Å². The third kappa shape index (κ3) is 1.70. The van der Waals surface area contributed by atoms with Crippen LogP contribution in [-0.2, 0) is 4.74 Å². The van der Waals surface area contributed by atoms with E-state index in [1.54, 1.807) is 12.1 Å². The number of benzene rings is 1. The third-order valence-corrected chi connectivity index (χ3v) is 2.09. The Morgan fingerprint density at radius 2 is 1.93 bits per heavy atom. The summed E-state index contributed by atoms with van der Waals surface area (Å²) >= 11 is 0. The molecule has 0 saturated carbocycles. The number of carbonyl (C=O) groups excluding carboxylic acids is 2. The second-order valence-electron chi connectivity index (χ2n) is 3.23. The topological polar surface area (TPSA) is 52.6 Å². The number of rotatable bonds is 3. The quantitative estimate of drug-likeness (QED) is 0.558. The van der Waals surface area contributed by atoms with Gasteiger partial charge in [0.05, 0.1) is 17.7 Å². The van der Waals surface area contributed by atoms with Crippen molar-refractivity contribution in [1.82, 2.24) is 0 Å². The van der Waals surface area contributed by atoms with Gasteiger partial charge in [-0.2, -0.15) is 0 Å². The Balaban J connectivity index is 2.30. The molecule has 1 aliphatic heterocycles. The van der Waals surface area contributed by atoms with Crippen LogP contribution in [0.15, 0.2) is 18.2 Å². The zero-order valence-corrected chi connectivity index (χ0v) is 8.28. The van der Waals surface area contributed by atoms with E-state index in [-0.39, 0.29) is 5.56 Å². The van der Waals surface area contributed by atoms with E-state index >= 15 is 0 Å². The molecule has 0 fully saturated rings. The van der Waals surface area contributed by atoms with E-state index in [4.69, 9.17) is 4.74 Å². The lowest BCUT2D eigenvalue weighted by Crippen LogP contribution is -1.98. The zero-order valence-electron chi connectivity index (χ0n) is 8.28. The number of fused-ring (bicyclic) bond motifs is 1. The molecule has 0 unspecified atom stereocenters. The minimum Gasteiger partial charge on any atom is -0.494 e. The fourth-order valence-corrected chi connectivity index (χ4v) is 1.37. The van der Waals surface area contributed by atoms with Crippen molar-refractivity contribution < 1.29 is 19.1 Å². The molecular formula is C11H10O4. The highest BCUT2D eigenvalue weighted by Gasteiger charge is 2.29. The summed E-state index contributed by atoms with van der Waals surface area (Å²) < 4.78 is 9.80. The maximum absolute atomic E-state index is 11.2. The molecule has 0 aromatic heterocycles. The summed E-state index contributed by atoms with van der Waals surface area (Å²) in [5.41, 5.74) is 0.595. The summed E-state index contributed by atoms with van der Waals surface area (Å²) in [5.74, 6) is -0.601. The van der Waals surface area contributed by atoms with Crippen LogP contribution in [0.5, 0.6) is 5.75 Å². The minimum absolute atomic E-state index is 0.286. The van der Waals surface area contributed by atoms with E-state index in [0.717, 1.165) is 6.42 Å². The maximum atomic E-state index is 11.2. The average Bonchev–Trinajstić information content (AvgIpc) is 2.52. The minimum atomic E-state index is -0.600. The molecule has 78 valence electrons. The summed E-state index contributed by atoms with van der Waals surface area (Å²) in [6.07, 6.45) is 0.889. The van der Waals surface area contributed by atoms with Crippen LogP contribution in [0.1, 0.15) is 34.1 Å². The van der Waals surface area contributed by atoms with Crippen LogP contribution in [-0.4, -0.2) is 18.5 Å². The average molecular weight is 206 g/mol. The van der Waals surface area contributed by atoms with E-state index in [9.17, 15) is 9.59 Å². The Bertz CT molecular complexity index is 423. The maximum Gasteiger partial charge on any atom is 0.347 e. The molecular weight excluding hydrogens is 196 g/mol. The summed E-state index contributed by atoms with van der Waals surface area (Å²) in [6.45, 7) is 2.58. The van der Waals surface area contributed by atoms with Gasteiger partial charge in [0, 0.05) is 0 Å². The smallest absolute Gasteiger partial charge is 0.347 e. The predicted molar refractivity (Wildman–Crippen MR) is 52.0 cm³/mol. The van der Waals surface area contributed by atoms with E-state index < -0.39 is 11.9 Å². The summed E-state index contributed by atoms with van der Waals surface area (Å²) in [6, 6.07) is 4.75. The molecule has 1 heterocycles. The van der Waals surface area contributed by atoms with Crippen molar-refractivity contribution in [2.45, 2.75) is 13.3 Å². The van der Waals surface area contributed by atoms with Crippen LogP contribution in [0.4, 0.5) is 0 Å². The molecule has 0 saturated heterocycles. The van der Waals surface area contributed by atoms with Gasteiger partial charge >= 0.3 is 11.9 Å².